The molecule has 1 heterocycles. The molecule has 0 fully saturated rings. The number of thiazole rings is 1. The van der Waals surface area contributed by atoms with Gasteiger partial charge in [0.1, 0.15) is 5.82 Å². The lowest BCUT2D eigenvalue weighted by molar-refractivity contribution is 1.14. The van der Waals surface area contributed by atoms with Crippen molar-refractivity contribution in [2.75, 3.05) is 18.1 Å². The van der Waals surface area contributed by atoms with Crippen LogP contribution in [0.1, 0.15) is 17.4 Å². The van der Waals surface area contributed by atoms with Gasteiger partial charge in [-0.2, -0.15) is 0 Å². The number of anilines is 1. The van der Waals surface area contributed by atoms with E-state index in [9.17, 15) is 0 Å². The van der Waals surface area contributed by atoms with Gasteiger partial charge in [0.25, 0.3) is 0 Å². The van der Waals surface area contributed by atoms with Crippen molar-refractivity contribution in [3.63, 3.8) is 0 Å². The standard InChI is InChI=1S/C16H19N3S2/c1-3-18-15-14(21-16(19-15)20-2)13(11-17)10-9-12-7-5-4-6-8-12/h4-8,10-11,17-18H,3,9H2,1-2H3/b13-10+,17-11?. The van der Waals surface area contributed by atoms with Gasteiger partial charge in [-0.05, 0) is 25.2 Å². The Kier molecular flexibility index (Phi) is 6.02. The lowest BCUT2D eigenvalue weighted by Gasteiger charge is -2.04. The highest BCUT2D eigenvalue weighted by Gasteiger charge is 2.13. The van der Waals surface area contributed by atoms with Crippen LogP contribution in [0.4, 0.5) is 5.82 Å². The van der Waals surface area contributed by atoms with Gasteiger partial charge in [-0.1, -0.05) is 48.2 Å². The molecular formula is C16H19N3S2. The fraction of sp³-hybridized carbons (Fsp3) is 0.250. The molecule has 0 saturated heterocycles. The molecule has 0 radical (unpaired) electrons. The highest BCUT2D eigenvalue weighted by Crippen LogP contribution is 2.33. The van der Waals surface area contributed by atoms with E-state index < -0.39 is 0 Å². The molecule has 21 heavy (non-hydrogen) atoms. The van der Waals surface area contributed by atoms with Gasteiger partial charge in [0.15, 0.2) is 4.34 Å². The molecule has 0 aliphatic carbocycles. The summed E-state index contributed by atoms with van der Waals surface area (Å²) in [5.41, 5.74) is 2.17. The summed E-state index contributed by atoms with van der Waals surface area (Å²) in [6.07, 6.45) is 6.36. The number of hydrogen-bond donors (Lipinski definition) is 2. The summed E-state index contributed by atoms with van der Waals surface area (Å²) < 4.78 is 1.02. The second kappa shape index (κ2) is 8.00. The van der Waals surface area contributed by atoms with Crippen LogP contribution in [0.15, 0.2) is 40.7 Å². The lowest BCUT2D eigenvalue weighted by atomic mass is 10.1. The van der Waals surface area contributed by atoms with Crippen LogP contribution in [0.3, 0.4) is 0 Å². The van der Waals surface area contributed by atoms with Crippen molar-refractivity contribution >= 4 is 40.7 Å². The topological polar surface area (TPSA) is 48.8 Å². The van der Waals surface area contributed by atoms with Gasteiger partial charge in [0.05, 0.1) is 4.88 Å². The predicted molar refractivity (Wildman–Crippen MR) is 95.0 cm³/mol. The number of thioether (sulfide) groups is 1. The third-order valence-electron chi connectivity index (χ3n) is 2.94. The molecule has 5 heteroatoms. The van der Waals surface area contributed by atoms with Crippen LogP contribution in [0, 0.1) is 5.41 Å². The normalized spacial score (nSPS) is 11.4. The Morgan fingerprint density at radius 1 is 1.38 bits per heavy atom. The van der Waals surface area contributed by atoms with Crippen molar-refractivity contribution in [3.8, 4) is 0 Å². The summed E-state index contributed by atoms with van der Waals surface area (Å²) in [6, 6.07) is 10.3. The quantitative estimate of drug-likeness (QED) is 0.581. The van der Waals surface area contributed by atoms with Crippen LogP contribution in [0.25, 0.3) is 5.57 Å². The molecule has 1 aromatic carbocycles. The lowest BCUT2D eigenvalue weighted by Crippen LogP contribution is -2.00. The molecule has 3 nitrogen and oxygen atoms in total. The fourth-order valence-electron chi connectivity index (χ4n) is 1.93. The van der Waals surface area contributed by atoms with Crippen LogP contribution >= 0.6 is 23.1 Å². The molecule has 0 unspecified atom stereocenters. The van der Waals surface area contributed by atoms with Crippen molar-refractivity contribution in [2.24, 2.45) is 0 Å². The number of hydrogen-bond acceptors (Lipinski definition) is 5. The van der Waals surface area contributed by atoms with Gasteiger partial charge in [0.2, 0.25) is 0 Å². The summed E-state index contributed by atoms with van der Waals surface area (Å²) >= 11 is 3.27. The first-order chi connectivity index (χ1) is 10.3. The second-order valence-electron chi connectivity index (χ2n) is 4.39. The Bertz CT molecular complexity index is 618. The van der Waals surface area contributed by atoms with E-state index in [0.29, 0.717) is 0 Å². The highest BCUT2D eigenvalue weighted by molar-refractivity contribution is 8.00. The first kappa shape index (κ1) is 15.8. The minimum atomic E-state index is 0.823. The predicted octanol–water partition coefficient (Wildman–Crippen LogP) is 4.57. The summed E-state index contributed by atoms with van der Waals surface area (Å²) in [5.74, 6) is 0.884. The zero-order valence-electron chi connectivity index (χ0n) is 12.2. The number of nitrogens with one attached hydrogen (secondary N) is 2. The Hall–Kier alpha value is -1.59. The molecule has 0 amide bonds. The fourth-order valence-corrected chi connectivity index (χ4v) is 3.48. The summed E-state index contributed by atoms with van der Waals surface area (Å²) in [7, 11) is 0. The molecular weight excluding hydrogens is 298 g/mol. The van der Waals surface area contributed by atoms with E-state index in [1.807, 2.05) is 24.5 Å². The van der Waals surface area contributed by atoms with E-state index in [1.165, 1.54) is 11.8 Å². The zero-order valence-corrected chi connectivity index (χ0v) is 13.9. The maximum absolute atomic E-state index is 7.71. The Morgan fingerprint density at radius 2 is 2.14 bits per heavy atom. The summed E-state index contributed by atoms with van der Waals surface area (Å²) in [6.45, 7) is 2.88. The van der Waals surface area contributed by atoms with Gasteiger partial charge >= 0.3 is 0 Å². The van der Waals surface area contributed by atoms with Crippen molar-refractivity contribution in [2.45, 2.75) is 17.7 Å². The maximum Gasteiger partial charge on any atom is 0.152 e. The molecule has 0 atom stereocenters. The van der Waals surface area contributed by atoms with Crippen molar-refractivity contribution in [1.29, 1.82) is 5.41 Å². The first-order valence-electron chi connectivity index (χ1n) is 6.82. The zero-order chi connectivity index (χ0) is 15.1. The number of aromatic nitrogens is 1. The molecule has 0 aliphatic heterocycles. The van der Waals surface area contributed by atoms with E-state index in [2.05, 4.69) is 35.4 Å². The monoisotopic (exact) mass is 317 g/mol. The van der Waals surface area contributed by atoms with Crippen molar-refractivity contribution < 1.29 is 0 Å². The number of allylic oxidation sites excluding steroid dienone is 2. The first-order valence-corrected chi connectivity index (χ1v) is 8.86. The van der Waals surface area contributed by atoms with Gasteiger partial charge < -0.3 is 10.7 Å². The maximum atomic E-state index is 7.71. The van der Waals surface area contributed by atoms with Crippen LogP contribution in [-0.2, 0) is 6.42 Å². The summed E-state index contributed by atoms with van der Waals surface area (Å²) in [4.78, 5) is 5.62. The van der Waals surface area contributed by atoms with E-state index in [0.717, 1.165) is 33.6 Å². The van der Waals surface area contributed by atoms with E-state index in [-0.39, 0.29) is 0 Å². The number of rotatable bonds is 7. The van der Waals surface area contributed by atoms with Crippen LogP contribution in [0.5, 0.6) is 0 Å². The molecule has 0 spiro atoms. The molecule has 2 aromatic rings. The Morgan fingerprint density at radius 3 is 2.76 bits per heavy atom. The number of benzene rings is 1. The largest absolute Gasteiger partial charge is 0.369 e. The van der Waals surface area contributed by atoms with Gasteiger partial charge in [0, 0.05) is 18.3 Å². The van der Waals surface area contributed by atoms with Crippen molar-refractivity contribution in [3.05, 3.63) is 46.8 Å². The third-order valence-corrected chi connectivity index (χ3v) is 5.03. The average molecular weight is 317 g/mol. The molecule has 1 aromatic heterocycles. The Labute approximate surface area is 134 Å². The van der Waals surface area contributed by atoms with E-state index in [4.69, 9.17) is 5.41 Å². The van der Waals surface area contributed by atoms with Gasteiger partial charge in [-0.15, -0.1) is 11.3 Å². The number of nitrogens with zero attached hydrogens (tertiary/aromatic N) is 1. The Balaban J connectivity index is 2.27. The van der Waals surface area contributed by atoms with Crippen LogP contribution in [-0.4, -0.2) is 24.0 Å². The van der Waals surface area contributed by atoms with Crippen LogP contribution < -0.4 is 5.32 Å². The highest BCUT2D eigenvalue weighted by atomic mass is 32.2. The average Bonchev–Trinajstić information content (AvgIpc) is 2.93. The molecule has 2 N–H and O–H groups in total. The van der Waals surface area contributed by atoms with E-state index in [1.54, 1.807) is 23.1 Å². The van der Waals surface area contributed by atoms with Gasteiger partial charge in [-0.3, -0.25) is 0 Å². The second-order valence-corrected chi connectivity index (χ2v) is 6.44. The minimum absolute atomic E-state index is 0.823. The SMILES string of the molecule is CCNc1nc(SC)sc1/C(C=N)=C/Cc1ccccc1. The molecule has 0 bridgehead atoms. The van der Waals surface area contributed by atoms with E-state index >= 15 is 0 Å². The minimum Gasteiger partial charge on any atom is -0.369 e. The van der Waals surface area contributed by atoms with Crippen molar-refractivity contribution in [1.82, 2.24) is 4.98 Å². The van der Waals surface area contributed by atoms with Gasteiger partial charge in [-0.25, -0.2) is 4.98 Å². The molecule has 2 rings (SSSR count). The third kappa shape index (κ3) is 4.19. The van der Waals surface area contributed by atoms with Crippen LogP contribution in [0.2, 0.25) is 0 Å². The smallest absolute Gasteiger partial charge is 0.152 e. The molecule has 0 aliphatic rings. The molecule has 110 valence electrons. The summed E-state index contributed by atoms with van der Waals surface area (Å²) in [5, 5.41) is 11.0. The molecule has 0 saturated carbocycles.